The van der Waals surface area contributed by atoms with E-state index < -0.39 is 0 Å². The molecule has 8 heteroatoms. The van der Waals surface area contributed by atoms with Gasteiger partial charge in [-0.3, -0.25) is 9.89 Å². The largest absolute Gasteiger partial charge is 0.375 e. The third-order valence-corrected chi connectivity index (χ3v) is 4.82. The average molecular weight is 389 g/mol. The topological polar surface area (TPSA) is 66.1 Å². The van der Waals surface area contributed by atoms with Crippen LogP contribution in [0.2, 0.25) is 0 Å². The van der Waals surface area contributed by atoms with Crippen molar-refractivity contribution in [2.24, 2.45) is 4.99 Å². The van der Waals surface area contributed by atoms with Crippen molar-refractivity contribution in [3.05, 3.63) is 53.7 Å². The van der Waals surface area contributed by atoms with Gasteiger partial charge in [0, 0.05) is 52.4 Å². The first-order chi connectivity index (χ1) is 13.7. The van der Waals surface area contributed by atoms with Crippen LogP contribution in [0.15, 0.2) is 46.1 Å². The molecule has 1 aliphatic heterocycles. The molecule has 0 saturated carbocycles. The molecule has 1 saturated heterocycles. The van der Waals surface area contributed by atoms with E-state index in [1.165, 1.54) is 12.1 Å². The smallest absolute Gasteiger partial charge is 0.194 e. The van der Waals surface area contributed by atoms with Gasteiger partial charge in [-0.25, -0.2) is 4.39 Å². The van der Waals surface area contributed by atoms with Gasteiger partial charge in [0.15, 0.2) is 5.96 Å². The molecule has 0 amide bonds. The van der Waals surface area contributed by atoms with Crippen LogP contribution in [0.25, 0.3) is 0 Å². The Kier molecular flexibility index (Phi) is 7.39. The predicted octanol–water partition coefficient (Wildman–Crippen LogP) is 2.28. The quantitative estimate of drug-likeness (QED) is 0.579. The second kappa shape index (κ2) is 10.2. The van der Waals surface area contributed by atoms with Crippen LogP contribution in [0.5, 0.6) is 0 Å². The summed E-state index contributed by atoms with van der Waals surface area (Å²) >= 11 is 0. The summed E-state index contributed by atoms with van der Waals surface area (Å²) in [5.41, 5.74) is 1.87. The van der Waals surface area contributed by atoms with Crippen LogP contribution in [0.4, 0.5) is 4.39 Å². The van der Waals surface area contributed by atoms with E-state index in [0.29, 0.717) is 6.54 Å². The number of rotatable bonds is 7. The summed E-state index contributed by atoms with van der Waals surface area (Å²) in [6.07, 6.45) is 1.40. The first-order valence-electron chi connectivity index (χ1n) is 9.62. The van der Waals surface area contributed by atoms with Gasteiger partial charge in [-0.2, -0.15) is 0 Å². The summed E-state index contributed by atoms with van der Waals surface area (Å²) < 4.78 is 23.6. The average Bonchev–Trinajstić information content (AvgIpc) is 3.22. The number of hydrogen-bond donors (Lipinski definition) is 1. The van der Waals surface area contributed by atoms with Crippen molar-refractivity contribution in [1.29, 1.82) is 0 Å². The first kappa shape index (κ1) is 20.3. The Balaban J connectivity index is 1.58. The van der Waals surface area contributed by atoms with Crippen molar-refractivity contribution >= 4 is 5.96 Å². The molecule has 0 spiro atoms. The molecule has 1 fully saturated rings. The molecule has 0 radical (unpaired) electrons. The third kappa shape index (κ3) is 5.53. The van der Waals surface area contributed by atoms with Gasteiger partial charge >= 0.3 is 0 Å². The summed E-state index contributed by atoms with van der Waals surface area (Å²) in [6.45, 7) is 7.77. The van der Waals surface area contributed by atoms with Gasteiger partial charge in [0.25, 0.3) is 0 Å². The molecule has 1 unspecified atom stereocenters. The number of hydrogen-bond acceptors (Lipinski definition) is 5. The molecule has 28 heavy (non-hydrogen) atoms. The van der Waals surface area contributed by atoms with Crippen LogP contribution in [-0.2, 0) is 11.3 Å². The summed E-state index contributed by atoms with van der Waals surface area (Å²) in [6, 6.07) is 8.29. The van der Waals surface area contributed by atoms with Gasteiger partial charge in [-0.1, -0.05) is 17.3 Å². The van der Waals surface area contributed by atoms with Crippen LogP contribution in [-0.4, -0.2) is 67.3 Å². The molecule has 3 rings (SSSR count). The van der Waals surface area contributed by atoms with E-state index in [-0.39, 0.29) is 11.9 Å². The molecule has 0 aliphatic carbocycles. The van der Waals surface area contributed by atoms with Crippen molar-refractivity contribution in [2.45, 2.75) is 19.6 Å². The first-order valence-corrected chi connectivity index (χ1v) is 9.62. The Bertz CT molecular complexity index is 728. The molecule has 1 N–H and O–H groups in total. The molecule has 152 valence electrons. The standard InChI is InChI=1S/C20H28FN5O2/c1-3-22-20(23-14-19(27-2)16-4-6-17(21)7-5-16)26-11-9-25(10-12-26)15-18-8-13-28-24-18/h4-8,13,19H,3,9-12,14-15H2,1-2H3,(H,22,23). The lowest BCUT2D eigenvalue weighted by atomic mass is 10.1. The van der Waals surface area contributed by atoms with E-state index in [2.05, 4.69) is 27.2 Å². The maximum Gasteiger partial charge on any atom is 0.194 e. The molecule has 1 aliphatic rings. The van der Waals surface area contributed by atoms with E-state index in [0.717, 1.165) is 56.5 Å². The number of benzene rings is 1. The number of aromatic nitrogens is 1. The summed E-state index contributed by atoms with van der Waals surface area (Å²) in [5, 5.41) is 7.35. The minimum absolute atomic E-state index is 0.206. The highest BCUT2D eigenvalue weighted by Crippen LogP contribution is 2.18. The molecular weight excluding hydrogens is 361 g/mol. The van der Waals surface area contributed by atoms with Crippen LogP contribution < -0.4 is 5.32 Å². The number of halogens is 1. The molecule has 1 atom stereocenters. The summed E-state index contributed by atoms with van der Waals surface area (Å²) in [4.78, 5) is 9.39. The fraction of sp³-hybridized carbons (Fsp3) is 0.500. The highest BCUT2D eigenvalue weighted by molar-refractivity contribution is 5.80. The van der Waals surface area contributed by atoms with E-state index in [4.69, 9.17) is 14.3 Å². The second-order valence-corrected chi connectivity index (χ2v) is 6.72. The van der Waals surface area contributed by atoms with Crippen molar-refractivity contribution < 1.29 is 13.7 Å². The molecule has 2 aromatic rings. The van der Waals surface area contributed by atoms with Crippen LogP contribution >= 0.6 is 0 Å². The minimum Gasteiger partial charge on any atom is -0.375 e. The number of piperazine rings is 1. The maximum atomic E-state index is 13.2. The Labute approximate surface area is 165 Å². The fourth-order valence-corrected chi connectivity index (χ4v) is 3.25. The lowest BCUT2D eigenvalue weighted by Crippen LogP contribution is -2.52. The highest BCUT2D eigenvalue weighted by atomic mass is 19.1. The highest BCUT2D eigenvalue weighted by Gasteiger charge is 2.21. The number of aliphatic imine (C=N–C) groups is 1. The molecule has 1 aromatic heterocycles. The summed E-state index contributed by atoms with van der Waals surface area (Å²) in [5.74, 6) is 0.631. The maximum absolute atomic E-state index is 13.2. The Morgan fingerprint density at radius 3 is 2.61 bits per heavy atom. The Morgan fingerprint density at radius 2 is 2.00 bits per heavy atom. The predicted molar refractivity (Wildman–Crippen MR) is 105 cm³/mol. The van der Waals surface area contributed by atoms with Crippen LogP contribution in [0.3, 0.4) is 0 Å². The van der Waals surface area contributed by atoms with Crippen molar-refractivity contribution in [2.75, 3.05) is 46.4 Å². The summed E-state index contributed by atoms with van der Waals surface area (Å²) in [7, 11) is 1.65. The molecule has 7 nitrogen and oxygen atoms in total. The van der Waals surface area contributed by atoms with Gasteiger partial charge in [0.05, 0.1) is 12.2 Å². The minimum atomic E-state index is -0.251. The molecule has 2 heterocycles. The molecule has 1 aromatic carbocycles. The third-order valence-electron chi connectivity index (χ3n) is 4.82. The number of nitrogens with one attached hydrogen (secondary N) is 1. The van der Waals surface area contributed by atoms with E-state index in [9.17, 15) is 4.39 Å². The number of nitrogens with zero attached hydrogens (tertiary/aromatic N) is 4. The zero-order chi connectivity index (χ0) is 19.8. The van der Waals surface area contributed by atoms with Gasteiger partial charge in [0.2, 0.25) is 0 Å². The van der Waals surface area contributed by atoms with Crippen molar-refractivity contribution in [3.63, 3.8) is 0 Å². The van der Waals surface area contributed by atoms with Gasteiger partial charge in [0.1, 0.15) is 18.2 Å². The van der Waals surface area contributed by atoms with Crippen LogP contribution in [0.1, 0.15) is 24.3 Å². The monoisotopic (exact) mass is 389 g/mol. The van der Waals surface area contributed by atoms with Gasteiger partial charge in [-0.15, -0.1) is 0 Å². The van der Waals surface area contributed by atoms with Crippen molar-refractivity contribution in [3.8, 4) is 0 Å². The fourth-order valence-electron chi connectivity index (χ4n) is 3.25. The zero-order valence-corrected chi connectivity index (χ0v) is 16.5. The molecular formula is C20H28FN5O2. The van der Waals surface area contributed by atoms with Crippen LogP contribution in [0, 0.1) is 5.82 Å². The lowest BCUT2D eigenvalue weighted by molar-refractivity contribution is 0.110. The lowest BCUT2D eigenvalue weighted by Gasteiger charge is -2.36. The van der Waals surface area contributed by atoms with E-state index in [1.54, 1.807) is 25.5 Å². The van der Waals surface area contributed by atoms with Gasteiger partial charge in [-0.05, 0) is 24.6 Å². The second-order valence-electron chi connectivity index (χ2n) is 6.72. The Morgan fingerprint density at radius 1 is 1.25 bits per heavy atom. The van der Waals surface area contributed by atoms with E-state index >= 15 is 0 Å². The SMILES string of the molecule is CCNC(=NCC(OC)c1ccc(F)cc1)N1CCN(Cc2ccon2)CC1. The number of guanidine groups is 1. The van der Waals surface area contributed by atoms with E-state index in [1.807, 2.05) is 6.07 Å². The Hall–Kier alpha value is -2.45. The molecule has 0 bridgehead atoms. The van der Waals surface area contributed by atoms with Gasteiger partial charge < -0.3 is 19.5 Å². The number of ether oxygens (including phenoxy) is 1. The zero-order valence-electron chi connectivity index (χ0n) is 16.5. The normalized spacial score (nSPS) is 17.0. The van der Waals surface area contributed by atoms with Crippen molar-refractivity contribution in [1.82, 2.24) is 20.3 Å². The number of methoxy groups -OCH3 is 1.